The number of nitrogens with zero attached hydrogens (tertiary/aromatic N) is 1. The van der Waals surface area contributed by atoms with Crippen LogP contribution in [-0.2, 0) is 6.42 Å². The van der Waals surface area contributed by atoms with E-state index in [2.05, 4.69) is 10.3 Å². The quantitative estimate of drug-likeness (QED) is 0.888. The third kappa shape index (κ3) is 4.81. The van der Waals surface area contributed by atoms with Crippen molar-refractivity contribution in [3.8, 4) is 0 Å². The summed E-state index contributed by atoms with van der Waals surface area (Å²) in [6, 6.07) is 8.10. The summed E-state index contributed by atoms with van der Waals surface area (Å²) in [6.45, 7) is 4.56. The van der Waals surface area contributed by atoms with Crippen molar-refractivity contribution >= 4 is 29.7 Å². The first kappa shape index (κ1) is 17.6. The molecule has 0 radical (unpaired) electrons. The second kappa shape index (κ2) is 8.12. The number of aryl methyl sites for hydroxylation is 1. The average Bonchev–Trinajstić information content (AvgIpc) is 2.88. The minimum Gasteiger partial charge on any atom is -0.344 e. The highest BCUT2D eigenvalue weighted by atomic mass is 35.5. The first-order valence-corrected chi connectivity index (χ1v) is 7.50. The predicted octanol–water partition coefficient (Wildman–Crippen LogP) is 2.87. The van der Waals surface area contributed by atoms with Gasteiger partial charge in [-0.2, -0.15) is 0 Å². The van der Waals surface area contributed by atoms with Gasteiger partial charge in [-0.05, 0) is 26.0 Å². The third-order valence-corrected chi connectivity index (χ3v) is 3.98. The van der Waals surface area contributed by atoms with Crippen molar-refractivity contribution in [2.45, 2.75) is 26.3 Å². The summed E-state index contributed by atoms with van der Waals surface area (Å²) in [5.74, 6) is -0.141. The summed E-state index contributed by atoms with van der Waals surface area (Å²) in [5.41, 5.74) is 8.24. The van der Waals surface area contributed by atoms with E-state index in [1.54, 1.807) is 5.38 Å². The summed E-state index contributed by atoms with van der Waals surface area (Å²) in [4.78, 5) is 16.4. The molecule has 2 rings (SSSR count). The molecule has 0 aliphatic carbocycles. The highest BCUT2D eigenvalue weighted by Gasteiger charge is 2.14. The van der Waals surface area contributed by atoms with Gasteiger partial charge in [0.15, 0.2) is 0 Å². The van der Waals surface area contributed by atoms with Crippen LogP contribution in [0.15, 0.2) is 29.6 Å². The molecule has 1 unspecified atom stereocenters. The molecule has 3 N–H and O–H groups in total. The van der Waals surface area contributed by atoms with Crippen molar-refractivity contribution < 1.29 is 4.79 Å². The lowest BCUT2D eigenvalue weighted by atomic mass is 10.1. The molecule has 6 heteroatoms. The Morgan fingerprint density at radius 1 is 1.38 bits per heavy atom. The van der Waals surface area contributed by atoms with Crippen LogP contribution < -0.4 is 11.1 Å². The molecule has 0 spiro atoms. The van der Waals surface area contributed by atoms with Crippen LogP contribution in [0.1, 0.15) is 39.6 Å². The van der Waals surface area contributed by atoms with E-state index in [9.17, 15) is 4.79 Å². The van der Waals surface area contributed by atoms with Crippen molar-refractivity contribution in [2.75, 3.05) is 6.54 Å². The molecule has 0 fully saturated rings. The van der Waals surface area contributed by atoms with Crippen molar-refractivity contribution in [2.24, 2.45) is 5.73 Å². The number of halogens is 1. The Bertz CT molecular complexity index is 583. The van der Waals surface area contributed by atoms with Crippen LogP contribution in [0, 0.1) is 6.92 Å². The van der Waals surface area contributed by atoms with E-state index < -0.39 is 0 Å². The average molecular weight is 326 g/mol. The zero-order valence-corrected chi connectivity index (χ0v) is 13.8. The molecule has 21 heavy (non-hydrogen) atoms. The monoisotopic (exact) mass is 325 g/mol. The number of hydrogen-bond donors (Lipinski definition) is 2. The van der Waals surface area contributed by atoms with E-state index in [1.165, 1.54) is 16.9 Å². The second-order valence-corrected chi connectivity index (χ2v) is 5.71. The lowest BCUT2D eigenvalue weighted by Gasteiger charge is -2.13. The molecule has 114 valence electrons. The van der Waals surface area contributed by atoms with Gasteiger partial charge in [0, 0.05) is 11.8 Å². The lowest BCUT2D eigenvalue weighted by molar-refractivity contribution is 0.0935. The normalized spacial score (nSPS) is 11.6. The molecule has 0 saturated carbocycles. The van der Waals surface area contributed by atoms with Crippen LogP contribution in [0.3, 0.4) is 0 Å². The number of hydrogen-bond acceptors (Lipinski definition) is 4. The van der Waals surface area contributed by atoms with Gasteiger partial charge in [-0.15, -0.1) is 23.7 Å². The summed E-state index contributed by atoms with van der Waals surface area (Å²) >= 11 is 1.48. The minimum atomic E-state index is -0.141. The molecule has 1 amide bonds. The Morgan fingerprint density at radius 3 is 2.67 bits per heavy atom. The minimum absolute atomic E-state index is 0. The molecule has 1 heterocycles. The van der Waals surface area contributed by atoms with Gasteiger partial charge < -0.3 is 11.1 Å². The number of benzene rings is 1. The highest BCUT2D eigenvalue weighted by molar-refractivity contribution is 7.09. The van der Waals surface area contributed by atoms with Crippen LogP contribution in [0.2, 0.25) is 0 Å². The topological polar surface area (TPSA) is 68.0 Å². The van der Waals surface area contributed by atoms with E-state index in [0.717, 1.165) is 10.6 Å². The number of amides is 1. The molecular formula is C15H20ClN3OS. The Hall–Kier alpha value is -1.43. The van der Waals surface area contributed by atoms with Gasteiger partial charge in [0.1, 0.15) is 5.69 Å². The van der Waals surface area contributed by atoms with E-state index in [-0.39, 0.29) is 24.4 Å². The zero-order valence-electron chi connectivity index (χ0n) is 12.1. The van der Waals surface area contributed by atoms with Crippen molar-refractivity contribution in [3.63, 3.8) is 0 Å². The molecule has 0 aliphatic heterocycles. The molecule has 0 bridgehead atoms. The lowest BCUT2D eigenvalue weighted by Crippen LogP contribution is -2.27. The Morgan fingerprint density at radius 2 is 2.05 bits per heavy atom. The molecule has 2 aromatic rings. The molecule has 1 aromatic heterocycles. The van der Waals surface area contributed by atoms with Crippen LogP contribution >= 0.6 is 23.7 Å². The SMILES string of the molecule is Cc1ccc(C(C)NC(=O)c2csc(CCN)n2)cc1.Cl. The number of nitrogens with one attached hydrogen (secondary N) is 1. The van der Waals surface area contributed by atoms with Crippen molar-refractivity contribution in [1.29, 1.82) is 0 Å². The van der Waals surface area contributed by atoms with Crippen molar-refractivity contribution in [1.82, 2.24) is 10.3 Å². The second-order valence-electron chi connectivity index (χ2n) is 4.77. The molecule has 0 aliphatic rings. The fraction of sp³-hybridized carbons (Fsp3) is 0.333. The maximum Gasteiger partial charge on any atom is 0.271 e. The van der Waals surface area contributed by atoms with Gasteiger partial charge in [0.2, 0.25) is 0 Å². The predicted molar refractivity (Wildman–Crippen MR) is 89.2 cm³/mol. The standard InChI is InChI=1S/C15H19N3OS.ClH/c1-10-3-5-12(6-4-10)11(2)17-15(19)13-9-20-14(18-13)7-8-16;/h3-6,9,11H,7-8,16H2,1-2H3,(H,17,19);1H. The Kier molecular flexibility index (Phi) is 6.81. The van der Waals surface area contributed by atoms with Crippen LogP contribution in [-0.4, -0.2) is 17.4 Å². The summed E-state index contributed by atoms with van der Waals surface area (Å²) in [6.07, 6.45) is 0.714. The van der Waals surface area contributed by atoms with E-state index in [1.807, 2.05) is 38.1 Å². The van der Waals surface area contributed by atoms with Crippen LogP contribution in [0.25, 0.3) is 0 Å². The number of carbonyl (C=O) groups is 1. The van der Waals surface area contributed by atoms with Gasteiger partial charge in [0.25, 0.3) is 5.91 Å². The third-order valence-electron chi connectivity index (χ3n) is 3.07. The first-order chi connectivity index (χ1) is 9.60. The van der Waals surface area contributed by atoms with Gasteiger partial charge >= 0.3 is 0 Å². The first-order valence-electron chi connectivity index (χ1n) is 6.62. The van der Waals surface area contributed by atoms with Crippen molar-refractivity contribution in [3.05, 3.63) is 51.5 Å². The van der Waals surface area contributed by atoms with Gasteiger partial charge in [0.05, 0.1) is 11.0 Å². The van der Waals surface area contributed by atoms with E-state index in [0.29, 0.717) is 18.7 Å². The van der Waals surface area contributed by atoms with Crippen LogP contribution in [0.4, 0.5) is 0 Å². The van der Waals surface area contributed by atoms with Crippen LogP contribution in [0.5, 0.6) is 0 Å². The number of nitrogens with two attached hydrogens (primary N) is 1. The smallest absolute Gasteiger partial charge is 0.271 e. The summed E-state index contributed by atoms with van der Waals surface area (Å²) in [7, 11) is 0. The largest absolute Gasteiger partial charge is 0.344 e. The fourth-order valence-corrected chi connectivity index (χ4v) is 2.66. The molecule has 0 saturated heterocycles. The molecule has 4 nitrogen and oxygen atoms in total. The number of carbonyl (C=O) groups excluding carboxylic acids is 1. The van der Waals surface area contributed by atoms with Gasteiger partial charge in [-0.1, -0.05) is 29.8 Å². The highest BCUT2D eigenvalue weighted by Crippen LogP contribution is 2.15. The number of rotatable bonds is 5. The fourth-order valence-electron chi connectivity index (χ4n) is 1.86. The van der Waals surface area contributed by atoms with E-state index in [4.69, 9.17) is 5.73 Å². The summed E-state index contributed by atoms with van der Waals surface area (Å²) in [5, 5.41) is 5.64. The molecular weight excluding hydrogens is 306 g/mol. The Labute approximate surface area is 135 Å². The van der Waals surface area contributed by atoms with Gasteiger partial charge in [-0.25, -0.2) is 4.98 Å². The zero-order chi connectivity index (χ0) is 14.5. The number of aromatic nitrogens is 1. The summed E-state index contributed by atoms with van der Waals surface area (Å²) < 4.78 is 0. The van der Waals surface area contributed by atoms with E-state index >= 15 is 0 Å². The number of thiazole rings is 1. The maximum absolute atomic E-state index is 12.1. The maximum atomic E-state index is 12.1. The van der Waals surface area contributed by atoms with Gasteiger partial charge in [-0.3, -0.25) is 4.79 Å². The molecule has 1 aromatic carbocycles. The Balaban J connectivity index is 0.00000220. The molecule has 1 atom stereocenters.